The zero-order valence-electron chi connectivity index (χ0n) is 15.2. The highest BCUT2D eigenvalue weighted by molar-refractivity contribution is 5.79. The van der Waals surface area contributed by atoms with Crippen molar-refractivity contribution in [1.82, 2.24) is 10.6 Å². The van der Waals surface area contributed by atoms with Gasteiger partial charge in [-0.05, 0) is 30.2 Å². The molecule has 0 aliphatic carbocycles. The topological polar surface area (TPSA) is 45.7 Å². The molecule has 7 heteroatoms. The first-order valence-electron chi connectivity index (χ1n) is 8.81. The molecule has 0 bridgehead atoms. The van der Waals surface area contributed by atoms with Gasteiger partial charge < -0.3 is 15.4 Å². The Morgan fingerprint density at radius 3 is 2.30 bits per heavy atom. The van der Waals surface area contributed by atoms with E-state index in [4.69, 9.17) is 4.74 Å². The molecule has 146 valence electrons. The first-order valence-corrected chi connectivity index (χ1v) is 8.81. The summed E-state index contributed by atoms with van der Waals surface area (Å²) < 4.78 is 42.4. The Morgan fingerprint density at radius 2 is 1.67 bits per heavy atom. The van der Waals surface area contributed by atoms with E-state index in [-0.39, 0.29) is 6.54 Å². The minimum absolute atomic E-state index is 0.207. The lowest BCUT2D eigenvalue weighted by atomic mass is 10.2. The predicted octanol–water partition coefficient (Wildman–Crippen LogP) is 4.27. The van der Waals surface area contributed by atoms with Gasteiger partial charge in [-0.1, -0.05) is 42.5 Å². The van der Waals surface area contributed by atoms with Crippen LogP contribution in [0, 0.1) is 0 Å². The van der Waals surface area contributed by atoms with Gasteiger partial charge in [-0.2, -0.15) is 13.2 Å². The normalized spacial score (nSPS) is 11.9. The highest BCUT2D eigenvalue weighted by atomic mass is 19.4. The van der Waals surface area contributed by atoms with Crippen LogP contribution < -0.4 is 15.4 Å². The van der Waals surface area contributed by atoms with Crippen LogP contribution in [0.2, 0.25) is 0 Å². The number of alkyl halides is 3. The monoisotopic (exact) mass is 379 g/mol. The zero-order chi connectivity index (χ0) is 19.5. The molecule has 0 atom stereocenters. The van der Waals surface area contributed by atoms with Crippen LogP contribution in [0.25, 0.3) is 0 Å². The highest BCUT2D eigenvalue weighted by Crippen LogP contribution is 2.18. The lowest BCUT2D eigenvalue weighted by Crippen LogP contribution is -2.38. The van der Waals surface area contributed by atoms with Gasteiger partial charge in [-0.25, -0.2) is 4.99 Å². The van der Waals surface area contributed by atoms with Crippen LogP contribution in [0.3, 0.4) is 0 Å². The van der Waals surface area contributed by atoms with Gasteiger partial charge in [0.2, 0.25) is 0 Å². The first-order chi connectivity index (χ1) is 13.0. The van der Waals surface area contributed by atoms with Crippen LogP contribution in [0.4, 0.5) is 13.2 Å². The fraction of sp³-hybridized carbons (Fsp3) is 0.350. The second kappa shape index (κ2) is 10.4. The fourth-order valence-corrected chi connectivity index (χ4v) is 2.27. The van der Waals surface area contributed by atoms with E-state index in [1.54, 1.807) is 0 Å². The van der Waals surface area contributed by atoms with Gasteiger partial charge >= 0.3 is 6.18 Å². The van der Waals surface area contributed by atoms with E-state index in [0.29, 0.717) is 25.7 Å². The van der Waals surface area contributed by atoms with Crippen LogP contribution in [0.5, 0.6) is 5.75 Å². The minimum atomic E-state index is -4.18. The number of guanidine groups is 1. The summed E-state index contributed by atoms with van der Waals surface area (Å²) in [7, 11) is 0. The van der Waals surface area contributed by atoms with Crippen molar-refractivity contribution in [2.24, 2.45) is 4.99 Å². The Hall–Kier alpha value is -2.70. The SMILES string of the molecule is CCNC(=NCc1ccc(OCc2ccccc2)cc1)NCCC(F)(F)F. The van der Waals surface area contributed by atoms with Gasteiger partial charge in [-0.15, -0.1) is 0 Å². The Balaban J connectivity index is 1.84. The van der Waals surface area contributed by atoms with E-state index in [1.807, 2.05) is 61.5 Å². The summed E-state index contributed by atoms with van der Waals surface area (Å²) in [4.78, 5) is 4.31. The molecule has 0 heterocycles. The third kappa shape index (κ3) is 8.48. The predicted molar refractivity (Wildman–Crippen MR) is 101 cm³/mol. The largest absolute Gasteiger partial charge is 0.489 e. The molecule has 4 nitrogen and oxygen atoms in total. The van der Waals surface area contributed by atoms with Crippen molar-refractivity contribution in [3.8, 4) is 5.75 Å². The van der Waals surface area contributed by atoms with Gasteiger partial charge in [0, 0.05) is 13.1 Å². The smallest absolute Gasteiger partial charge is 0.390 e. The van der Waals surface area contributed by atoms with Gasteiger partial charge in [0.15, 0.2) is 5.96 Å². The number of ether oxygens (including phenoxy) is 1. The number of hydrogen-bond donors (Lipinski definition) is 2. The zero-order valence-corrected chi connectivity index (χ0v) is 15.2. The molecule has 2 rings (SSSR count). The van der Waals surface area contributed by atoms with Crippen LogP contribution in [0.1, 0.15) is 24.5 Å². The molecule has 0 saturated heterocycles. The average molecular weight is 379 g/mol. The summed E-state index contributed by atoms with van der Waals surface area (Å²) in [6.07, 6.45) is -5.08. The third-order valence-electron chi connectivity index (χ3n) is 3.64. The standard InChI is InChI=1S/C20H24F3N3O/c1-2-24-19(25-13-12-20(21,22)23)26-14-16-8-10-18(11-9-16)27-15-17-6-4-3-5-7-17/h3-11H,2,12-15H2,1H3,(H2,24,25,26). The van der Waals surface area contributed by atoms with Crippen LogP contribution in [-0.2, 0) is 13.2 Å². The Bertz CT molecular complexity index is 701. The summed E-state index contributed by atoms with van der Waals surface area (Å²) in [5.74, 6) is 1.12. The quantitative estimate of drug-likeness (QED) is 0.532. The molecule has 0 aromatic heterocycles. The summed E-state index contributed by atoms with van der Waals surface area (Å²) in [6, 6.07) is 17.4. The summed E-state index contributed by atoms with van der Waals surface area (Å²) in [5.41, 5.74) is 2.03. The minimum Gasteiger partial charge on any atom is -0.489 e. The molecule has 0 spiro atoms. The summed E-state index contributed by atoms with van der Waals surface area (Å²) in [6.45, 7) is 3.08. The Kier molecular flexibility index (Phi) is 7.98. The fourth-order valence-electron chi connectivity index (χ4n) is 2.27. The van der Waals surface area contributed by atoms with Gasteiger partial charge in [0.1, 0.15) is 12.4 Å². The van der Waals surface area contributed by atoms with Crippen LogP contribution in [0.15, 0.2) is 59.6 Å². The molecule has 0 fully saturated rings. The molecule has 0 aliphatic heterocycles. The van der Waals surface area contributed by atoms with Crippen molar-refractivity contribution in [1.29, 1.82) is 0 Å². The molecule has 2 aromatic rings. The van der Waals surface area contributed by atoms with Gasteiger partial charge in [0.25, 0.3) is 0 Å². The van der Waals surface area contributed by atoms with E-state index in [0.717, 1.165) is 16.9 Å². The first kappa shape index (κ1) is 20.6. The number of nitrogens with one attached hydrogen (secondary N) is 2. The maximum atomic E-state index is 12.2. The van der Waals surface area contributed by atoms with Crippen molar-refractivity contribution in [2.75, 3.05) is 13.1 Å². The lowest BCUT2D eigenvalue weighted by Gasteiger charge is -2.12. The second-order valence-electron chi connectivity index (χ2n) is 5.91. The molecular formula is C20H24F3N3O. The number of rotatable bonds is 8. The maximum absolute atomic E-state index is 12.2. The molecule has 0 radical (unpaired) electrons. The van der Waals surface area contributed by atoms with Crippen molar-refractivity contribution in [2.45, 2.75) is 32.7 Å². The van der Waals surface area contributed by atoms with E-state index in [1.165, 1.54) is 0 Å². The van der Waals surface area contributed by atoms with E-state index in [2.05, 4.69) is 15.6 Å². The summed E-state index contributed by atoms with van der Waals surface area (Å²) in [5, 5.41) is 5.63. The van der Waals surface area contributed by atoms with Crippen molar-refractivity contribution < 1.29 is 17.9 Å². The number of benzene rings is 2. The number of nitrogens with zero attached hydrogens (tertiary/aromatic N) is 1. The molecular weight excluding hydrogens is 355 g/mol. The van der Waals surface area contributed by atoms with Crippen LogP contribution >= 0.6 is 0 Å². The van der Waals surface area contributed by atoms with Crippen molar-refractivity contribution >= 4 is 5.96 Å². The lowest BCUT2D eigenvalue weighted by molar-refractivity contribution is -0.132. The van der Waals surface area contributed by atoms with E-state index in [9.17, 15) is 13.2 Å². The van der Waals surface area contributed by atoms with Gasteiger partial charge in [0.05, 0.1) is 13.0 Å². The Morgan fingerprint density at radius 1 is 0.963 bits per heavy atom. The van der Waals surface area contributed by atoms with E-state index >= 15 is 0 Å². The van der Waals surface area contributed by atoms with Crippen molar-refractivity contribution in [3.63, 3.8) is 0 Å². The molecule has 2 aromatic carbocycles. The van der Waals surface area contributed by atoms with Crippen molar-refractivity contribution in [3.05, 3.63) is 65.7 Å². The molecule has 0 unspecified atom stereocenters. The third-order valence-corrected chi connectivity index (χ3v) is 3.64. The molecule has 0 amide bonds. The number of hydrogen-bond acceptors (Lipinski definition) is 2. The molecule has 0 saturated carbocycles. The molecule has 0 aliphatic rings. The maximum Gasteiger partial charge on any atom is 0.390 e. The van der Waals surface area contributed by atoms with Gasteiger partial charge in [-0.3, -0.25) is 0 Å². The number of aliphatic imine (C=N–C) groups is 1. The second-order valence-corrected chi connectivity index (χ2v) is 5.91. The highest BCUT2D eigenvalue weighted by Gasteiger charge is 2.26. The Labute approximate surface area is 157 Å². The molecule has 27 heavy (non-hydrogen) atoms. The number of halogens is 3. The van der Waals surface area contributed by atoms with E-state index < -0.39 is 12.6 Å². The summed E-state index contributed by atoms with van der Waals surface area (Å²) >= 11 is 0. The van der Waals surface area contributed by atoms with Crippen LogP contribution in [-0.4, -0.2) is 25.2 Å². The average Bonchev–Trinajstić information content (AvgIpc) is 2.65. The molecule has 2 N–H and O–H groups in total.